The Hall–Kier alpha value is -0.290. The van der Waals surface area contributed by atoms with Gasteiger partial charge in [-0.25, -0.2) is 0 Å². The molecule has 1 unspecified atom stereocenters. The van der Waals surface area contributed by atoms with E-state index in [1.807, 2.05) is 19.9 Å². The fraction of sp³-hybridized carbons (Fsp3) is 0.333. The van der Waals surface area contributed by atoms with E-state index in [0.717, 1.165) is 11.3 Å². The highest BCUT2D eigenvalue weighted by Crippen LogP contribution is 2.03. The minimum Gasteiger partial charge on any atom is -0.485 e. The predicted octanol–water partition coefficient (Wildman–Crippen LogP) is 2.27. The van der Waals surface area contributed by atoms with Crippen LogP contribution in [0.5, 0.6) is 0 Å². The second-order valence-corrected chi connectivity index (χ2v) is 1.95. The molecule has 0 saturated heterocycles. The first kappa shape index (κ1) is 7.71. The number of hydrogen-bond acceptors (Lipinski definition) is 1. The monoisotopic (exact) mass is 130 g/mol. The average Bonchev–Trinajstić information content (AvgIpc) is 1.65. The highest BCUT2D eigenvalue weighted by atomic mass is 31.0. The van der Waals surface area contributed by atoms with Gasteiger partial charge < -0.3 is 4.52 Å². The van der Waals surface area contributed by atoms with Crippen molar-refractivity contribution in [3.8, 4) is 0 Å². The van der Waals surface area contributed by atoms with Gasteiger partial charge in [0, 0.05) is 0 Å². The van der Waals surface area contributed by atoms with Gasteiger partial charge in [0.1, 0.15) is 0 Å². The van der Waals surface area contributed by atoms with Gasteiger partial charge in [-0.05, 0) is 19.9 Å². The van der Waals surface area contributed by atoms with Crippen LogP contribution in [-0.4, -0.2) is 0 Å². The summed E-state index contributed by atoms with van der Waals surface area (Å²) in [7, 11) is 2.17. The molecule has 0 aromatic heterocycles. The van der Waals surface area contributed by atoms with Crippen LogP contribution in [0.1, 0.15) is 13.8 Å². The van der Waals surface area contributed by atoms with Crippen molar-refractivity contribution >= 4 is 9.47 Å². The Labute approximate surface area is 52.7 Å². The summed E-state index contributed by atoms with van der Waals surface area (Å²) in [4.78, 5) is 0. The lowest BCUT2D eigenvalue weighted by molar-refractivity contribution is 0.499. The normalized spacial score (nSPS) is 11.1. The van der Waals surface area contributed by atoms with Crippen LogP contribution in [-0.2, 0) is 4.52 Å². The quantitative estimate of drug-likeness (QED) is 0.316. The zero-order chi connectivity index (χ0) is 6.57. The van der Waals surface area contributed by atoms with Crippen LogP contribution in [0.3, 0.4) is 0 Å². The van der Waals surface area contributed by atoms with E-state index in [1.54, 1.807) is 0 Å². The maximum Gasteiger partial charge on any atom is 0.0963 e. The summed E-state index contributed by atoms with van der Waals surface area (Å²) in [6.07, 6.45) is 1.87. The molecule has 0 fully saturated rings. The van der Waals surface area contributed by atoms with Gasteiger partial charge in [-0.2, -0.15) is 0 Å². The molecule has 0 amide bonds. The minimum atomic E-state index is 0.863. The molecular formula is C6H11OP. The van der Waals surface area contributed by atoms with Gasteiger partial charge in [0.2, 0.25) is 0 Å². The molecule has 1 nitrogen and oxygen atoms in total. The summed E-state index contributed by atoms with van der Waals surface area (Å²) < 4.78 is 4.78. The Balaban J connectivity index is 3.75. The molecule has 0 aromatic rings. The van der Waals surface area contributed by atoms with Crippen LogP contribution in [0.15, 0.2) is 24.0 Å². The molecule has 0 saturated carbocycles. The molecular weight excluding hydrogens is 119 g/mol. The highest BCUT2D eigenvalue weighted by Gasteiger charge is 1.81. The van der Waals surface area contributed by atoms with E-state index >= 15 is 0 Å². The summed E-state index contributed by atoms with van der Waals surface area (Å²) in [6.45, 7) is 7.48. The van der Waals surface area contributed by atoms with Crippen LogP contribution in [0.25, 0.3) is 0 Å². The lowest BCUT2D eigenvalue weighted by atomic mass is 10.3. The Morgan fingerprint density at radius 3 is 2.25 bits per heavy atom. The van der Waals surface area contributed by atoms with Crippen LogP contribution >= 0.6 is 9.47 Å². The molecule has 0 aliphatic rings. The highest BCUT2D eigenvalue weighted by molar-refractivity contribution is 7.10. The summed E-state index contributed by atoms with van der Waals surface area (Å²) in [5, 5.41) is 0. The molecule has 0 rings (SSSR count). The predicted molar refractivity (Wildman–Crippen MR) is 39.4 cm³/mol. The molecule has 0 radical (unpaired) electrons. The third-order valence-electron chi connectivity index (χ3n) is 0.636. The van der Waals surface area contributed by atoms with Gasteiger partial charge >= 0.3 is 0 Å². The average molecular weight is 130 g/mol. The van der Waals surface area contributed by atoms with Crippen molar-refractivity contribution in [2.24, 2.45) is 0 Å². The lowest BCUT2D eigenvalue weighted by Crippen LogP contribution is -1.71. The zero-order valence-corrected chi connectivity index (χ0v) is 6.42. The third kappa shape index (κ3) is 3.89. The van der Waals surface area contributed by atoms with Crippen molar-refractivity contribution in [2.45, 2.75) is 13.8 Å². The van der Waals surface area contributed by atoms with E-state index in [0.29, 0.717) is 0 Å². The summed E-state index contributed by atoms with van der Waals surface area (Å²) >= 11 is 0. The molecule has 1 atom stereocenters. The maximum atomic E-state index is 4.78. The van der Waals surface area contributed by atoms with Crippen molar-refractivity contribution in [1.29, 1.82) is 0 Å². The van der Waals surface area contributed by atoms with E-state index in [2.05, 4.69) is 16.0 Å². The molecule has 2 heteroatoms. The van der Waals surface area contributed by atoms with E-state index in [-0.39, 0.29) is 0 Å². The lowest BCUT2D eigenvalue weighted by Gasteiger charge is -1.95. The van der Waals surface area contributed by atoms with Crippen molar-refractivity contribution in [3.05, 3.63) is 24.0 Å². The number of hydrogen-bond donors (Lipinski definition) is 0. The fourth-order valence-electron chi connectivity index (χ4n) is 0.381. The first-order chi connectivity index (χ1) is 3.66. The van der Waals surface area contributed by atoms with Crippen LogP contribution in [0.4, 0.5) is 0 Å². The molecule has 0 N–H and O–H groups in total. The summed E-state index contributed by atoms with van der Waals surface area (Å²) in [6, 6.07) is 0. The SMILES string of the molecule is C=C(C)/C=C(/C)OP. The first-order valence-corrected chi connectivity index (χ1v) is 2.84. The smallest absolute Gasteiger partial charge is 0.0963 e. The zero-order valence-electron chi connectivity index (χ0n) is 5.27. The van der Waals surface area contributed by atoms with Crippen LogP contribution < -0.4 is 0 Å². The second kappa shape index (κ2) is 3.68. The maximum absolute atomic E-state index is 4.78. The van der Waals surface area contributed by atoms with E-state index < -0.39 is 0 Å². The van der Waals surface area contributed by atoms with Gasteiger partial charge in [-0.15, -0.1) is 0 Å². The topological polar surface area (TPSA) is 9.23 Å². The molecule has 0 heterocycles. The number of allylic oxidation sites excluding steroid dienone is 3. The minimum absolute atomic E-state index is 0.863. The van der Waals surface area contributed by atoms with Crippen molar-refractivity contribution in [3.63, 3.8) is 0 Å². The Kier molecular flexibility index (Phi) is 3.55. The van der Waals surface area contributed by atoms with Gasteiger partial charge in [0.05, 0.1) is 15.2 Å². The van der Waals surface area contributed by atoms with Crippen molar-refractivity contribution in [1.82, 2.24) is 0 Å². The van der Waals surface area contributed by atoms with Gasteiger partial charge in [0.15, 0.2) is 0 Å². The van der Waals surface area contributed by atoms with Gasteiger partial charge in [-0.1, -0.05) is 12.2 Å². The largest absolute Gasteiger partial charge is 0.485 e. The molecule has 0 bridgehead atoms. The van der Waals surface area contributed by atoms with E-state index in [4.69, 9.17) is 4.52 Å². The molecule has 0 aliphatic carbocycles. The second-order valence-electron chi connectivity index (χ2n) is 1.72. The Morgan fingerprint density at radius 2 is 2.12 bits per heavy atom. The Bertz CT molecular complexity index is 116. The van der Waals surface area contributed by atoms with Gasteiger partial charge in [0.25, 0.3) is 0 Å². The van der Waals surface area contributed by atoms with E-state index in [9.17, 15) is 0 Å². The van der Waals surface area contributed by atoms with E-state index in [1.165, 1.54) is 0 Å². The number of rotatable bonds is 2. The van der Waals surface area contributed by atoms with Crippen LogP contribution in [0.2, 0.25) is 0 Å². The fourth-order valence-corrected chi connectivity index (χ4v) is 0.449. The Morgan fingerprint density at radius 1 is 1.62 bits per heavy atom. The molecule has 0 aliphatic heterocycles. The standard InChI is InChI=1S/C6H11OP/c1-5(2)4-6(3)7-8/h4H,1,8H2,2-3H3/b6-4-. The molecule has 46 valence electrons. The third-order valence-corrected chi connectivity index (χ3v) is 1.01. The molecule has 0 aromatic carbocycles. The molecule has 8 heavy (non-hydrogen) atoms. The summed E-state index contributed by atoms with van der Waals surface area (Å²) in [5.74, 6) is 0.863. The first-order valence-electron chi connectivity index (χ1n) is 2.37. The summed E-state index contributed by atoms with van der Waals surface area (Å²) in [5.41, 5.74) is 1.00. The van der Waals surface area contributed by atoms with Gasteiger partial charge in [-0.3, -0.25) is 0 Å². The van der Waals surface area contributed by atoms with Crippen LogP contribution in [0, 0.1) is 0 Å². The van der Waals surface area contributed by atoms with Crippen molar-refractivity contribution in [2.75, 3.05) is 0 Å². The molecule has 0 spiro atoms. The van der Waals surface area contributed by atoms with Crippen molar-refractivity contribution < 1.29 is 4.52 Å².